The van der Waals surface area contributed by atoms with Crippen LogP contribution in [0, 0.1) is 0 Å². The number of aliphatic carboxylic acids is 1. The fourth-order valence-corrected chi connectivity index (χ4v) is 3.12. The Kier molecular flexibility index (Phi) is 5.98. The van der Waals surface area contributed by atoms with Gasteiger partial charge in [0.25, 0.3) is 11.1 Å². The van der Waals surface area contributed by atoms with Gasteiger partial charge in [0.2, 0.25) is 0 Å². The highest BCUT2D eigenvalue weighted by molar-refractivity contribution is 8.18. The van der Waals surface area contributed by atoms with Gasteiger partial charge in [0.1, 0.15) is 6.54 Å². The molecule has 2 rings (SSSR count). The summed E-state index contributed by atoms with van der Waals surface area (Å²) in [5, 5.41) is 8.19. The molecule has 0 radical (unpaired) electrons. The van der Waals surface area contributed by atoms with E-state index < -0.39 is 23.7 Å². The summed E-state index contributed by atoms with van der Waals surface area (Å²) in [6.45, 7) is 1.57. The molecule has 2 amide bonds. The smallest absolute Gasteiger partial charge is 0.323 e. The molecule has 0 aliphatic carbocycles. The molecule has 1 aliphatic rings. The van der Waals surface area contributed by atoms with E-state index in [9.17, 15) is 14.4 Å². The summed E-state index contributed by atoms with van der Waals surface area (Å²) in [4.78, 5) is 35.4. The predicted molar refractivity (Wildman–Crippen MR) is 90.0 cm³/mol. The molecule has 0 saturated carbocycles. The summed E-state index contributed by atoms with van der Waals surface area (Å²) in [5.74, 6) is -1.75. The summed E-state index contributed by atoms with van der Waals surface area (Å²) in [7, 11) is 0. The number of carboxylic acid groups (broad SMARTS) is 1. The van der Waals surface area contributed by atoms with Gasteiger partial charge < -0.3 is 5.11 Å². The number of carbonyl (C=O) groups is 3. The second kappa shape index (κ2) is 7.97. The van der Waals surface area contributed by atoms with Gasteiger partial charge in [-0.05, 0) is 41.8 Å². The van der Waals surface area contributed by atoms with E-state index in [4.69, 9.17) is 5.11 Å². The summed E-state index contributed by atoms with van der Waals surface area (Å²) in [5.41, 5.74) is 2.07. The molecule has 1 saturated heterocycles. The zero-order valence-electron chi connectivity index (χ0n) is 12.9. The van der Waals surface area contributed by atoms with Gasteiger partial charge in [-0.25, -0.2) is 0 Å². The second-order valence-electron chi connectivity index (χ2n) is 5.36. The first-order valence-electron chi connectivity index (χ1n) is 7.57. The van der Waals surface area contributed by atoms with Crippen molar-refractivity contribution in [1.29, 1.82) is 0 Å². The summed E-state index contributed by atoms with van der Waals surface area (Å²) >= 11 is 0.775. The van der Waals surface area contributed by atoms with Gasteiger partial charge in [0.15, 0.2) is 0 Å². The third kappa shape index (κ3) is 4.69. The van der Waals surface area contributed by atoms with Crippen molar-refractivity contribution in [2.24, 2.45) is 0 Å². The lowest BCUT2D eigenvalue weighted by atomic mass is 10.1. The molecule has 1 aromatic carbocycles. The first-order valence-corrected chi connectivity index (χ1v) is 8.39. The average molecular weight is 333 g/mol. The molecule has 0 atom stereocenters. The number of imide groups is 1. The lowest BCUT2D eigenvalue weighted by Gasteiger charge is -2.07. The SMILES string of the molecule is CCCCCc1ccc(/C=C2\SC(=O)N(CC(=O)O)C2=O)cc1. The minimum absolute atomic E-state index is 0.259. The number of benzene rings is 1. The van der Waals surface area contributed by atoms with E-state index in [0.29, 0.717) is 0 Å². The lowest BCUT2D eigenvalue weighted by molar-refractivity contribution is -0.140. The number of carbonyl (C=O) groups excluding carboxylic acids is 2. The van der Waals surface area contributed by atoms with E-state index in [1.165, 1.54) is 18.4 Å². The molecule has 1 fully saturated rings. The van der Waals surface area contributed by atoms with Gasteiger partial charge >= 0.3 is 5.97 Å². The largest absolute Gasteiger partial charge is 0.480 e. The predicted octanol–water partition coefficient (Wildman–Crippen LogP) is 3.54. The van der Waals surface area contributed by atoms with Crippen LogP contribution < -0.4 is 0 Å². The summed E-state index contributed by atoms with van der Waals surface area (Å²) in [6.07, 6.45) is 6.21. The average Bonchev–Trinajstić information content (AvgIpc) is 2.76. The van der Waals surface area contributed by atoms with Crippen molar-refractivity contribution < 1.29 is 19.5 Å². The zero-order chi connectivity index (χ0) is 16.8. The Morgan fingerprint density at radius 3 is 2.52 bits per heavy atom. The second-order valence-corrected chi connectivity index (χ2v) is 6.35. The number of carboxylic acids is 1. The Balaban J connectivity index is 2.05. The molecule has 1 heterocycles. The highest BCUT2D eigenvalue weighted by Crippen LogP contribution is 2.32. The number of aryl methyl sites for hydroxylation is 1. The molecule has 0 bridgehead atoms. The number of thioether (sulfide) groups is 1. The van der Waals surface area contributed by atoms with E-state index in [0.717, 1.165) is 35.1 Å². The highest BCUT2D eigenvalue weighted by Gasteiger charge is 2.36. The Bertz CT molecular complexity index is 636. The Morgan fingerprint density at radius 2 is 1.91 bits per heavy atom. The van der Waals surface area contributed by atoms with Crippen LogP contribution >= 0.6 is 11.8 Å². The normalized spacial score (nSPS) is 16.4. The quantitative estimate of drug-likeness (QED) is 0.610. The van der Waals surface area contributed by atoms with Gasteiger partial charge in [0.05, 0.1) is 4.91 Å². The molecule has 23 heavy (non-hydrogen) atoms. The van der Waals surface area contributed by atoms with E-state index >= 15 is 0 Å². The van der Waals surface area contributed by atoms with Crippen molar-refractivity contribution >= 4 is 35.0 Å². The molecule has 5 nitrogen and oxygen atoms in total. The van der Waals surface area contributed by atoms with Crippen molar-refractivity contribution in [1.82, 2.24) is 4.90 Å². The molecular formula is C17H19NO4S. The molecule has 0 unspecified atom stereocenters. The molecule has 0 spiro atoms. The minimum atomic E-state index is -1.20. The molecule has 1 aromatic rings. The third-order valence-corrected chi connectivity index (χ3v) is 4.42. The molecule has 122 valence electrons. The maximum atomic E-state index is 12.0. The van der Waals surface area contributed by atoms with Crippen LogP contribution in [0.15, 0.2) is 29.2 Å². The van der Waals surface area contributed by atoms with Crippen LogP contribution in [-0.4, -0.2) is 33.7 Å². The number of hydrogen-bond acceptors (Lipinski definition) is 4. The van der Waals surface area contributed by atoms with Gasteiger partial charge in [-0.2, -0.15) is 0 Å². The van der Waals surface area contributed by atoms with Crippen LogP contribution in [0.25, 0.3) is 6.08 Å². The Morgan fingerprint density at radius 1 is 1.22 bits per heavy atom. The van der Waals surface area contributed by atoms with Gasteiger partial charge in [-0.15, -0.1) is 0 Å². The molecular weight excluding hydrogens is 314 g/mol. The lowest BCUT2D eigenvalue weighted by Crippen LogP contribution is -2.33. The number of hydrogen-bond donors (Lipinski definition) is 1. The van der Waals surface area contributed by atoms with Crippen molar-refractivity contribution in [3.63, 3.8) is 0 Å². The minimum Gasteiger partial charge on any atom is -0.480 e. The molecule has 1 N–H and O–H groups in total. The monoisotopic (exact) mass is 333 g/mol. The summed E-state index contributed by atoms with van der Waals surface area (Å²) < 4.78 is 0. The highest BCUT2D eigenvalue weighted by atomic mass is 32.2. The van der Waals surface area contributed by atoms with E-state index in [1.807, 2.05) is 24.3 Å². The molecule has 1 aliphatic heterocycles. The standard InChI is InChI=1S/C17H19NO4S/c1-2-3-4-5-12-6-8-13(9-7-12)10-14-16(21)18(11-15(19)20)17(22)23-14/h6-10H,2-5,11H2,1H3,(H,19,20)/b14-10-. The molecule has 0 aromatic heterocycles. The van der Waals surface area contributed by atoms with Crippen LogP contribution in [-0.2, 0) is 16.0 Å². The maximum absolute atomic E-state index is 12.0. The van der Waals surface area contributed by atoms with Gasteiger partial charge in [0, 0.05) is 0 Å². The number of amides is 2. The first-order chi connectivity index (χ1) is 11.0. The van der Waals surface area contributed by atoms with Crippen LogP contribution in [0.1, 0.15) is 37.3 Å². The van der Waals surface area contributed by atoms with E-state index in [-0.39, 0.29) is 4.91 Å². The van der Waals surface area contributed by atoms with Gasteiger partial charge in [-0.3, -0.25) is 19.3 Å². The fourth-order valence-electron chi connectivity index (χ4n) is 2.28. The Labute approximate surface area is 139 Å². The fraction of sp³-hybridized carbons (Fsp3) is 0.353. The molecule has 6 heteroatoms. The van der Waals surface area contributed by atoms with Crippen LogP contribution in [0.3, 0.4) is 0 Å². The van der Waals surface area contributed by atoms with E-state index in [1.54, 1.807) is 6.08 Å². The number of rotatable bonds is 7. The summed E-state index contributed by atoms with van der Waals surface area (Å²) in [6, 6.07) is 7.85. The Hall–Kier alpha value is -2.08. The van der Waals surface area contributed by atoms with Crippen molar-refractivity contribution in [3.05, 3.63) is 40.3 Å². The maximum Gasteiger partial charge on any atom is 0.323 e. The third-order valence-electron chi connectivity index (χ3n) is 3.51. The first kappa shape index (κ1) is 17.3. The number of nitrogens with zero attached hydrogens (tertiary/aromatic N) is 1. The number of unbranched alkanes of at least 4 members (excludes halogenated alkanes) is 2. The van der Waals surface area contributed by atoms with Crippen molar-refractivity contribution in [3.8, 4) is 0 Å². The van der Waals surface area contributed by atoms with Crippen LogP contribution in [0.4, 0.5) is 4.79 Å². The van der Waals surface area contributed by atoms with Crippen LogP contribution in [0.5, 0.6) is 0 Å². The topological polar surface area (TPSA) is 74.7 Å². The van der Waals surface area contributed by atoms with Gasteiger partial charge in [-0.1, -0.05) is 44.0 Å². The van der Waals surface area contributed by atoms with E-state index in [2.05, 4.69) is 6.92 Å². The van der Waals surface area contributed by atoms with Crippen molar-refractivity contribution in [2.45, 2.75) is 32.6 Å². The zero-order valence-corrected chi connectivity index (χ0v) is 13.8. The van der Waals surface area contributed by atoms with Crippen LogP contribution in [0.2, 0.25) is 0 Å². The van der Waals surface area contributed by atoms with Crippen molar-refractivity contribution in [2.75, 3.05) is 6.54 Å².